The molecular formula is C14H16N2O2. The first-order valence-electron chi connectivity index (χ1n) is 5.87. The molecule has 0 saturated carbocycles. The minimum absolute atomic E-state index is 0.0634. The van der Waals surface area contributed by atoms with Gasteiger partial charge in [0.25, 0.3) is 0 Å². The van der Waals surface area contributed by atoms with E-state index in [1.807, 2.05) is 26.0 Å². The van der Waals surface area contributed by atoms with E-state index in [4.69, 9.17) is 4.74 Å². The molecule has 0 atom stereocenters. The fourth-order valence-electron chi connectivity index (χ4n) is 1.80. The molecule has 0 aliphatic rings. The number of hydrogen-bond donors (Lipinski definition) is 0. The highest BCUT2D eigenvalue weighted by atomic mass is 16.5. The Morgan fingerprint density at radius 1 is 1.44 bits per heavy atom. The maximum absolute atomic E-state index is 12.3. The van der Waals surface area contributed by atoms with Gasteiger partial charge in [0.2, 0.25) is 0 Å². The van der Waals surface area contributed by atoms with Crippen molar-refractivity contribution < 1.29 is 9.53 Å². The standard InChI is InChI=1S/C14H16N2O2/c1-4-16-9-11(8-15-16)14(17)12-6-5-10(2)7-13(12)18-3/h5-9H,4H2,1-3H3. The summed E-state index contributed by atoms with van der Waals surface area (Å²) >= 11 is 0. The molecule has 4 nitrogen and oxygen atoms in total. The monoisotopic (exact) mass is 244 g/mol. The van der Waals surface area contributed by atoms with Crippen molar-refractivity contribution in [2.75, 3.05) is 7.11 Å². The van der Waals surface area contributed by atoms with E-state index >= 15 is 0 Å². The number of rotatable bonds is 4. The molecule has 1 heterocycles. The zero-order valence-electron chi connectivity index (χ0n) is 10.8. The van der Waals surface area contributed by atoms with Gasteiger partial charge in [-0.2, -0.15) is 5.10 Å². The Morgan fingerprint density at radius 2 is 2.22 bits per heavy atom. The Morgan fingerprint density at radius 3 is 2.83 bits per heavy atom. The first kappa shape index (κ1) is 12.4. The number of benzene rings is 1. The molecule has 0 aliphatic heterocycles. The van der Waals surface area contributed by atoms with E-state index < -0.39 is 0 Å². The Balaban J connectivity index is 2.39. The van der Waals surface area contributed by atoms with Gasteiger partial charge >= 0.3 is 0 Å². The Kier molecular flexibility index (Phi) is 3.46. The average Bonchev–Trinajstić information content (AvgIpc) is 2.86. The van der Waals surface area contributed by atoms with Crippen LogP contribution in [-0.4, -0.2) is 22.7 Å². The molecule has 0 amide bonds. The molecule has 0 bridgehead atoms. The van der Waals surface area contributed by atoms with Crippen LogP contribution < -0.4 is 4.74 Å². The van der Waals surface area contributed by atoms with Crippen molar-refractivity contribution in [2.24, 2.45) is 0 Å². The van der Waals surface area contributed by atoms with Crippen molar-refractivity contribution in [2.45, 2.75) is 20.4 Å². The summed E-state index contributed by atoms with van der Waals surface area (Å²) in [5, 5.41) is 4.11. The van der Waals surface area contributed by atoms with Crippen LogP contribution in [0.1, 0.15) is 28.4 Å². The van der Waals surface area contributed by atoms with Crippen LogP contribution >= 0.6 is 0 Å². The first-order valence-corrected chi connectivity index (χ1v) is 5.87. The Labute approximate surface area is 106 Å². The Hall–Kier alpha value is -2.10. The molecule has 1 aromatic heterocycles. The molecule has 1 aromatic carbocycles. The lowest BCUT2D eigenvalue weighted by atomic mass is 10.0. The summed E-state index contributed by atoms with van der Waals surface area (Å²) in [6, 6.07) is 5.55. The highest BCUT2D eigenvalue weighted by Crippen LogP contribution is 2.22. The molecule has 0 fully saturated rings. The summed E-state index contributed by atoms with van der Waals surface area (Å²) in [6.45, 7) is 4.69. The van der Waals surface area contributed by atoms with Crippen LogP contribution in [0, 0.1) is 6.92 Å². The van der Waals surface area contributed by atoms with Crippen LogP contribution in [0.5, 0.6) is 5.75 Å². The van der Waals surface area contributed by atoms with Gasteiger partial charge in [-0.25, -0.2) is 0 Å². The summed E-state index contributed by atoms with van der Waals surface area (Å²) in [4.78, 5) is 12.3. The third-order valence-corrected chi connectivity index (χ3v) is 2.82. The molecule has 0 unspecified atom stereocenters. The SMILES string of the molecule is CCn1cc(C(=O)c2ccc(C)cc2OC)cn1. The van der Waals surface area contributed by atoms with E-state index in [0.717, 1.165) is 12.1 Å². The summed E-state index contributed by atoms with van der Waals surface area (Å²) in [7, 11) is 1.57. The van der Waals surface area contributed by atoms with Gasteiger partial charge in [-0.15, -0.1) is 0 Å². The maximum Gasteiger partial charge on any atom is 0.199 e. The summed E-state index contributed by atoms with van der Waals surface area (Å²) in [5.41, 5.74) is 2.21. The molecule has 0 saturated heterocycles. The van der Waals surface area contributed by atoms with Gasteiger partial charge in [-0.1, -0.05) is 6.07 Å². The summed E-state index contributed by atoms with van der Waals surface area (Å²) in [5.74, 6) is 0.538. The summed E-state index contributed by atoms with van der Waals surface area (Å²) in [6.07, 6.45) is 3.34. The minimum atomic E-state index is -0.0634. The largest absolute Gasteiger partial charge is 0.496 e. The van der Waals surface area contributed by atoms with Crippen LogP contribution in [0.2, 0.25) is 0 Å². The van der Waals surface area contributed by atoms with E-state index in [0.29, 0.717) is 16.9 Å². The molecule has 94 valence electrons. The lowest BCUT2D eigenvalue weighted by Gasteiger charge is -2.07. The van der Waals surface area contributed by atoms with E-state index in [2.05, 4.69) is 5.10 Å². The average molecular weight is 244 g/mol. The molecular weight excluding hydrogens is 228 g/mol. The lowest BCUT2D eigenvalue weighted by molar-refractivity contribution is 0.103. The molecule has 18 heavy (non-hydrogen) atoms. The number of nitrogens with zero attached hydrogens (tertiary/aromatic N) is 2. The van der Waals surface area contributed by atoms with Crippen molar-refractivity contribution in [1.29, 1.82) is 0 Å². The van der Waals surface area contributed by atoms with Crippen LogP contribution in [-0.2, 0) is 6.54 Å². The quantitative estimate of drug-likeness (QED) is 0.776. The molecule has 2 rings (SSSR count). The molecule has 0 N–H and O–H groups in total. The number of carbonyl (C=O) groups is 1. The van der Waals surface area contributed by atoms with E-state index in [1.54, 1.807) is 30.3 Å². The number of aryl methyl sites for hydroxylation is 2. The van der Waals surface area contributed by atoms with Crippen LogP contribution in [0.4, 0.5) is 0 Å². The van der Waals surface area contributed by atoms with E-state index in [1.165, 1.54) is 0 Å². The van der Waals surface area contributed by atoms with Crippen molar-refractivity contribution in [3.05, 3.63) is 47.3 Å². The second-order valence-corrected chi connectivity index (χ2v) is 4.12. The second kappa shape index (κ2) is 5.04. The molecule has 0 aliphatic carbocycles. The van der Waals surface area contributed by atoms with E-state index in [-0.39, 0.29) is 5.78 Å². The van der Waals surface area contributed by atoms with Gasteiger partial charge in [0.1, 0.15) is 5.75 Å². The number of methoxy groups -OCH3 is 1. The van der Waals surface area contributed by atoms with Gasteiger partial charge in [-0.3, -0.25) is 9.48 Å². The van der Waals surface area contributed by atoms with Crippen LogP contribution in [0.25, 0.3) is 0 Å². The topological polar surface area (TPSA) is 44.1 Å². The predicted octanol–water partition coefficient (Wildman–Crippen LogP) is 2.45. The van der Waals surface area contributed by atoms with Gasteiger partial charge in [-0.05, 0) is 31.5 Å². The normalized spacial score (nSPS) is 10.4. The number of hydrogen-bond acceptors (Lipinski definition) is 3. The number of carbonyl (C=O) groups excluding carboxylic acids is 1. The Bertz CT molecular complexity index is 573. The fourth-order valence-corrected chi connectivity index (χ4v) is 1.80. The second-order valence-electron chi connectivity index (χ2n) is 4.12. The third kappa shape index (κ3) is 2.27. The lowest BCUT2D eigenvalue weighted by Crippen LogP contribution is -2.03. The van der Waals surface area contributed by atoms with Crippen molar-refractivity contribution in [1.82, 2.24) is 9.78 Å². The van der Waals surface area contributed by atoms with Gasteiger partial charge in [0.05, 0.1) is 24.4 Å². The molecule has 4 heteroatoms. The highest BCUT2D eigenvalue weighted by Gasteiger charge is 2.15. The number of ketones is 1. The summed E-state index contributed by atoms with van der Waals surface area (Å²) < 4.78 is 6.98. The minimum Gasteiger partial charge on any atom is -0.496 e. The van der Waals surface area contributed by atoms with E-state index in [9.17, 15) is 4.79 Å². The van der Waals surface area contributed by atoms with Crippen molar-refractivity contribution >= 4 is 5.78 Å². The third-order valence-electron chi connectivity index (χ3n) is 2.82. The molecule has 0 spiro atoms. The maximum atomic E-state index is 12.3. The van der Waals surface area contributed by atoms with Gasteiger partial charge in [0.15, 0.2) is 5.78 Å². The molecule has 0 radical (unpaired) electrons. The number of ether oxygens (including phenoxy) is 1. The first-order chi connectivity index (χ1) is 8.65. The fraction of sp³-hybridized carbons (Fsp3) is 0.286. The zero-order valence-corrected chi connectivity index (χ0v) is 10.8. The predicted molar refractivity (Wildman–Crippen MR) is 69.1 cm³/mol. The highest BCUT2D eigenvalue weighted by molar-refractivity contribution is 6.10. The smallest absolute Gasteiger partial charge is 0.199 e. The van der Waals surface area contributed by atoms with Crippen LogP contribution in [0.15, 0.2) is 30.6 Å². The zero-order chi connectivity index (χ0) is 13.1. The van der Waals surface area contributed by atoms with Crippen molar-refractivity contribution in [3.63, 3.8) is 0 Å². The van der Waals surface area contributed by atoms with Crippen LogP contribution in [0.3, 0.4) is 0 Å². The van der Waals surface area contributed by atoms with Gasteiger partial charge in [0, 0.05) is 12.7 Å². The van der Waals surface area contributed by atoms with Gasteiger partial charge < -0.3 is 4.74 Å². The van der Waals surface area contributed by atoms with Crippen molar-refractivity contribution in [3.8, 4) is 5.75 Å². The molecule has 2 aromatic rings. The number of aromatic nitrogens is 2.